The number of fused-ring (bicyclic) bond motifs is 2. The van der Waals surface area contributed by atoms with E-state index in [1.54, 1.807) is 0 Å². The van der Waals surface area contributed by atoms with Crippen LogP contribution in [0.3, 0.4) is 0 Å². The van der Waals surface area contributed by atoms with Gasteiger partial charge in [-0.25, -0.2) is 8.78 Å². The average Bonchev–Trinajstić information content (AvgIpc) is 3.01. The molecule has 1 aromatic carbocycles. The number of nitrogens with one attached hydrogen (secondary N) is 1. The fourth-order valence-corrected chi connectivity index (χ4v) is 3.59. The molecule has 0 saturated heterocycles. The third-order valence-electron chi connectivity index (χ3n) is 4.59. The van der Waals surface area contributed by atoms with Crippen LogP contribution in [-0.4, -0.2) is 12.5 Å². The lowest BCUT2D eigenvalue weighted by atomic mass is 9.89. The van der Waals surface area contributed by atoms with Crippen molar-refractivity contribution in [2.24, 2.45) is 17.8 Å². The van der Waals surface area contributed by atoms with Gasteiger partial charge in [0.05, 0.1) is 0 Å². The van der Waals surface area contributed by atoms with E-state index in [1.165, 1.54) is 31.7 Å². The van der Waals surface area contributed by atoms with Crippen LogP contribution in [0.1, 0.15) is 36.0 Å². The normalized spacial score (nSPS) is 28.6. The molecule has 1 amide bonds. The quantitative estimate of drug-likeness (QED) is 0.893. The van der Waals surface area contributed by atoms with E-state index in [9.17, 15) is 13.6 Å². The first kappa shape index (κ1) is 12.6. The zero-order valence-electron chi connectivity index (χ0n) is 10.7. The van der Waals surface area contributed by atoms with Gasteiger partial charge < -0.3 is 5.32 Å². The number of halogens is 2. The second-order valence-electron chi connectivity index (χ2n) is 5.77. The highest BCUT2D eigenvalue weighted by Crippen LogP contribution is 2.47. The Balaban J connectivity index is 1.57. The Bertz CT molecular complexity index is 503. The minimum absolute atomic E-state index is 0.182. The fraction of sp³-hybridized carbons (Fsp3) is 0.533. The summed E-state index contributed by atoms with van der Waals surface area (Å²) in [5.74, 6) is -0.0719. The first-order chi connectivity index (χ1) is 9.13. The van der Waals surface area contributed by atoms with E-state index in [0.29, 0.717) is 12.5 Å². The molecule has 2 fully saturated rings. The number of amides is 1. The van der Waals surface area contributed by atoms with Crippen LogP contribution >= 0.6 is 0 Å². The predicted molar refractivity (Wildman–Crippen MR) is 67.6 cm³/mol. The lowest BCUT2D eigenvalue weighted by Gasteiger charge is -2.21. The maximum atomic E-state index is 13.0. The second-order valence-corrected chi connectivity index (χ2v) is 5.77. The van der Waals surface area contributed by atoms with Crippen LogP contribution in [0.5, 0.6) is 0 Å². The van der Waals surface area contributed by atoms with E-state index in [0.717, 1.165) is 24.0 Å². The van der Waals surface area contributed by atoms with E-state index in [-0.39, 0.29) is 11.5 Å². The molecule has 102 valence electrons. The summed E-state index contributed by atoms with van der Waals surface area (Å²) in [5, 5.41) is 2.84. The van der Waals surface area contributed by atoms with Crippen LogP contribution < -0.4 is 5.32 Å². The van der Waals surface area contributed by atoms with E-state index < -0.39 is 11.6 Å². The van der Waals surface area contributed by atoms with Gasteiger partial charge in [0, 0.05) is 12.1 Å². The molecule has 0 unspecified atom stereocenters. The molecule has 0 heterocycles. The van der Waals surface area contributed by atoms with Crippen molar-refractivity contribution in [3.8, 4) is 0 Å². The molecule has 2 nitrogen and oxygen atoms in total. The summed E-state index contributed by atoms with van der Waals surface area (Å²) in [6.45, 7) is 0.652. The van der Waals surface area contributed by atoms with Crippen molar-refractivity contribution < 1.29 is 13.6 Å². The van der Waals surface area contributed by atoms with Crippen LogP contribution in [-0.2, 0) is 0 Å². The number of carbonyl (C=O) groups excluding carboxylic acids is 1. The van der Waals surface area contributed by atoms with Crippen molar-refractivity contribution in [3.63, 3.8) is 0 Å². The highest BCUT2D eigenvalue weighted by atomic mass is 19.2. The number of carbonyl (C=O) groups is 1. The molecule has 4 heteroatoms. The zero-order chi connectivity index (χ0) is 13.4. The minimum atomic E-state index is -0.979. The summed E-state index contributed by atoms with van der Waals surface area (Å²) in [6.07, 6.45) is 5.10. The van der Waals surface area contributed by atoms with Gasteiger partial charge in [-0.1, -0.05) is 6.42 Å². The Labute approximate surface area is 111 Å². The Morgan fingerprint density at radius 1 is 1.21 bits per heavy atom. The van der Waals surface area contributed by atoms with Crippen LogP contribution in [0.4, 0.5) is 8.78 Å². The standard InChI is InChI=1S/C15H17F2NO/c16-13-4-3-11(7-14(13)17)15(19)18-8-12-6-9-1-2-10(12)5-9/h3-4,7,9-10,12H,1-2,5-6,8H2,(H,18,19)/t9-,10-,12+/m0/s1. The maximum absolute atomic E-state index is 13.0. The Kier molecular flexibility index (Phi) is 3.25. The highest BCUT2D eigenvalue weighted by molar-refractivity contribution is 5.94. The Morgan fingerprint density at radius 3 is 2.68 bits per heavy atom. The molecule has 0 aliphatic heterocycles. The van der Waals surface area contributed by atoms with E-state index in [4.69, 9.17) is 0 Å². The van der Waals surface area contributed by atoms with Crippen molar-refractivity contribution in [2.75, 3.05) is 6.54 Å². The van der Waals surface area contributed by atoms with Gasteiger partial charge in [-0.2, -0.15) is 0 Å². The van der Waals surface area contributed by atoms with Crippen molar-refractivity contribution in [3.05, 3.63) is 35.4 Å². The van der Waals surface area contributed by atoms with Crippen molar-refractivity contribution in [1.82, 2.24) is 5.32 Å². The number of hydrogen-bond donors (Lipinski definition) is 1. The fourth-order valence-electron chi connectivity index (χ4n) is 3.59. The van der Waals surface area contributed by atoms with Gasteiger partial charge in [-0.15, -0.1) is 0 Å². The molecule has 2 aliphatic carbocycles. The minimum Gasteiger partial charge on any atom is -0.352 e. The molecular weight excluding hydrogens is 248 g/mol. The number of benzene rings is 1. The molecule has 0 spiro atoms. The third-order valence-corrected chi connectivity index (χ3v) is 4.59. The molecule has 1 aromatic rings. The highest BCUT2D eigenvalue weighted by Gasteiger charge is 2.39. The molecule has 0 aromatic heterocycles. The van der Waals surface area contributed by atoms with Crippen molar-refractivity contribution >= 4 is 5.91 Å². The van der Waals surface area contributed by atoms with Crippen LogP contribution in [0.25, 0.3) is 0 Å². The Morgan fingerprint density at radius 2 is 2.05 bits per heavy atom. The molecule has 2 aliphatic rings. The molecule has 2 bridgehead atoms. The van der Waals surface area contributed by atoms with Gasteiger partial charge in [0.25, 0.3) is 5.91 Å². The zero-order valence-corrected chi connectivity index (χ0v) is 10.7. The molecule has 19 heavy (non-hydrogen) atoms. The SMILES string of the molecule is O=C(NC[C@H]1C[C@H]2CC[C@H]1C2)c1ccc(F)c(F)c1. The van der Waals surface area contributed by atoms with Crippen molar-refractivity contribution in [1.29, 1.82) is 0 Å². The third kappa shape index (κ3) is 2.48. The molecular formula is C15H17F2NO. The second kappa shape index (κ2) is 4.91. The van der Waals surface area contributed by atoms with Gasteiger partial charge >= 0.3 is 0 Å². The van der Waals surface area contributed by atoms with Gasteiger partial charge in [0.1, 0.15) is 0 Å². The summed E-state index contributed by atoms with van der Waals surface area (Å²) in [7, 11) is 0. The molecule has 2 saturated carbocycles. The molecule has 3 atom stereocenters. The number of hydrogen-bond acceptors (Lipinski definition) is 1. The number of rotatable bonds is 3. The van der Waals surface area contributed by atoms with E-state index in [2.05, 4.69) is 5.32 Å². The lowest BCUT2D eigenvalue weighted by molar-refractivity contribution is 0.0941. The average molecular weight is 265 g/mol. The first-order valence-electron chi connectivity index (χ1n) is 6.86. The molecule has 3 rings (SSSR count). The van der Waals surface area contributed by atoms with Gasteiger partial charge in [0.2, 0.25) is 0 Å². The first-order valence-corrected chi connectivity index (χ1v) is 6.86. The maximum Gasteiger partial charge on any atom is 0.251 e. The monoisotopic (exact) mass is 265 g/mol. The van der Waals surface area contributed by atoms with Gasteiger partial charge in [-0.3, -0.25) is 4.79 Å². The Hall–Kier alpha value is -1.45. The smallest absolute Gasteiger partial charge is 0.251 e. The van der Waals surface area contributed by atoms with Gasteiger partial charge in [-0.05, 0) is 55.2 Å². The van der Waals surface area contributed by atoms with Gasteiger partial charge in [0.15, 0.2) is 11.6 Å². The summed E-state index contributed by atoms with van der Waals surface area (Å²) in [4.78, 5) is 11.9. The topological polar surface area (TPSA) is 29.1 Å². The largest absolute Gasteiger partial charge is 0.352 e. The summed E-state index contributed by atoms with van der Waals surface area (Å²) in [5.41, 5.74) is 0.182. The molecule has 1 N–H and O–H groups in total. The summed E-state index contributed by atoms with van der Waals surface area (Å²) >= 11 is 0. The van der Waals surface area contributed by atoms with E-state index in [1.807, 2.05) is 0 Å². The lowest BCUT2D eigenvalue weighted by Crippen LogP contribution is -2.31. The summed E-state index contributed by atoms with van der Waals surface area (Å²) < 4.78 is 25.8. The predicted octanol–water partition coefficient (Wildman–Crippen LogP) is 3.13. The van der Waals surface area contributed by atoms with Crippen LogP contribution in [0, 0.1) is 29.4 Å². The molecule has 0 radical (unpaired) electrons. The van der Waals surface area contributed by atoms with Crippen molar-refractivity contribution in [2.45, 2.75) is 25.7 Å². The van der Waals surface area contributed by atoms with Crippen LogP contribution in [0.2, 0.25) is 0 Å². The van der Waals surface area contributed by atoms with E-state index >= 15 is 0 Å². The summed E-state index contributed by atoms with van der Waals surface area (Å²) in [6, 6.07) is 3.25. The van der Waals surface area contributed by atoms with Crippen LogP contribution in [0.15, 0.2) is 18.2 Å².